The van der Waals surface area contributed by atoms with Crippen LogP contribution in [-0.2, 0) is 28.4 Å². The van der Waals surface area contributed by atoms with E-state index in [-0.39, 0.29) is 40.8 Å². The van der Waals surface area contributed by atoms with E-state index >= 15 is 0 Å². The molecule has 4 aliphatic carbocycles. The smallest absolute Gasteiger partial charge is 0.187 e. The van der Waals surface area contributed by atoms with Gasteiger partial charge in [-0.15, -0.1) is 0 Å². The summed E-state index contributed by atoms with van der Waals surface area (Å²) in [6.07, 6.45) is -7.60. The second-order valence-corrected chi connectivity index (χ2v) is 19.0. The number of aliphatic hydroxyl groups excluding tert-OH is 8. The van der Waals surface area contributed by atoms with Crippen LogP contribution >= 0.6 is 0 Å². The van der Waals surface area contributed by atoms with E-state index in [9.17, 15) is 40.9 Å². The first-order valence-electron chi connectivity index (χ1n) is 20.7. The molecule has 14 nitrogen and oxygen atoms in total. The largest absolute Gasteiger partial charge is 0.394 e. The van der Waals surface area contributed by atoms with Crippen LogP contribution in [0.2, 0.25) is 0 Å². The van der Waals surface area contributed by atoms with Gasteiger partial charge in [0.15, 0.2) is 18.4 Å². The molecule has 0 aromatic heterocycles. The van der Waals surface area contributed by atoms with Gasteiger partial charge in [0.05, 0.1) is 31.5 Å². The molecule has 8 N–H and O–H groups in total. The highest BCUT2D eigenvalue weighted by molar-refractivity contribution is 5.18. The van der Waals surface area contributed by atoms with Gasteiger partial charge < -0.3 is 69.3 Å². The number of methoxy groups -OCH3 is 1. The summed E-state index contributed by atoms with van der Waals surface area (Å²) >= 11 is 0. The van der Waals surface area contributed by atoms with Gasteiger partial charge in [0.1, 0.15) is 48.8 Å². The van der Waals surface area contributed by atoms with Crippen molar-refractivity contribution in [2.45, 2.75) is 178 Å². The van der Waals surface area contributed by atoms with E-state index in [1.165, 1.54) is 0 Å². The Morgan fingerprint density at radius 2 is 1.37 bits per heavy atom. The van der Waals surface area contributed by atoms with E-state index < -0.39 is 86.5 Å². The average molecular weight is 773 g/mol. The van der Waals surface area contributed by atoms with Crippen LogP contribution in [0.5, 0.6) is 0 Å². The molecule has 7 fully saturated rings. The topological polar surface area (TPSA) is 217 Å². The van der Waals surface area contributed by atoms with Crippen LogP contribution in [-0.4, -0.2) is 147 Å². The van der Waals surface area contributed by atoms with Crippen LogP contribution in [0.15, 0.2) is 0 Å². The predicted molar refractivity (Wildman–Crippen MR) is 191 cm³/mol. The van der Waals surface area contributed by atoms with Crippen molar-refractivity contribution >= 4 is 0 Å². The zero-order valence-corrected chi connectivity index (χ0v) is 32.9. The minimum Gasteiger partial charge on any atom is -0.394 e. The molecule has 3 saturated heterocycles. The van der Waals surface area contributed by atoms with Crippen molar-refractivity contribution in [2.75, 3.05) is 20.3 Å². The Labute approximate surface area is 319 Å². The number of fused-ring (bicyclic) bond motifs is 7. The highest BCUT2D eigenvalue weighted by Gasteiger charge is 2.72. The Morgan fingerprint density at radius 3 is 2.02 bits per heavy atom. The fraction of sp³-hybridized carbons (Fsp3) is 1.00. The average Bonchev–Trinajstić information content (AvgIpc) is 3.57. The van der Waals surface area contributed by atoms with E-state index in [0.717, 1.165) is 51.4 Å². The van der Waals surface area contributed by atoms with Crippen molar-refractivity contribution in [1.82, 2.24) is 0 Å². The summed E-state index contributed by atoms with van der Waals surface area (Å²) < 4.78 is 37.0. The summed E-state index contributed by atoms with van der Waals surface area (Å²) in [4.78, 5) is 0. The van der Waals surface area contributed by atoms with Crippen molar-refractivity contribution in [3.05, 3.63) is 0 Å². The van der Waals surface area contributed by atoms with Gasteiger partial charge >= 0.3 is 0 Å². The Bertz CT molecular complexity index is 1290. The minimum atomic E-state index is -1.73. The lowest BCUT2D eigenvalue weighted by atomic mass is 9.44. The van der Waals surface area contributed by atoms with E-state index in [0.29, 0.717) is 30.1 Å². The summed E-state index contributed by atoms with van der Waals surface area (Å²) in [6, 6.07) is 0. The molecule has 0 amide bonds. The lowest BCUT2D eigenvalue weighted by molar-refractivity contribution is -0.373. The second kappa shape index (κ2) is 15.6. The fourth-order valence-electron chi connectivity index (χ4n) is 13.0. The summed E-state index contributed by atoms with van der Waals surface area (Å²) in [5.74, 6) is 1.58. The molecular formula is C40H68O14. The minimum absolute atomic E-state index is 0.0323. The molecule has 0 aromatic carbocycles. The Kier molecular flexibility index (Phi) is 12.0. The summed E-state index contributed by atoms with van der Waals surface area (Å²) in [7, 11) is 1.76. The zero-order chi connectivity index (χ0) is 39.1. The monoisotopic (exact) mass is 772 g/mol. The van der Waals surface area contributed by atoms with Crippen LogP contribution < -0.4 is 0 Å². The normalized spacial score (nSPS) is 55.9. The highest BCUT2D eigenvalue weighted by Crippen LogP contribution is 2.71. The van der Waals surface area contributed by atoms with Crippen LogP contribution in [0.25, 0.3) is 0 Å². The maximum atomic E-state index is 12.2. The highest BCUT2D eigenvalue weighted by atomic mass is 16.8. The van der Waals surface area contributed by atoms with Crippen LogP contribution in [0.1, 0.15) is 92.4 Å². The van der Waals surface area contributed by atoms with Gasteiger partial charge in [-0.1, -0.05) is 34.6 Å². The third kappa shape index (κ3) is 6.64. The van der Waals surface area contributed by atoms with Gasteiger partial charge in [-0.25, -0.2) is 0 Å². The van der Waals surface area contributed by atoms with Crippen LogP contribution in [0.3, 0.4) is 0 Å². The van der Waals surface area contributed by atoms with Crippen molar-refractivity contribution in [2.24, 2.45) is 52.3 Å². The standard InChI is InChI=1S/C40H68O14/c1-18(2)9-14-40(49-6)19(3)26-34(54-40)30(45)27-22-8-7-20-15-21(10-12-38(20,4)23(22)11-13-39(26,27)5)50-37-35(32(47)29(44)25(17-42)52-37)53-36-33(48)31(46)28(43)24(16-41)51-36/h18-37,41-48H,7-17H2,1-6H3/t19-,20+,21-,22+,23-,24+,25+,26?,27?,28+,29-,30+,31-,32-,33+,34+,35+,36-,37+,38-,39+,40?/m0/s1. The molecule has 3 unspecified atom stereocenters. The molecule has 22 atom stereocenters. The van der Waals surface area contributed by atoms with E-state index in [1.54, 1.807) is 7.11 Å². The third-order valence-electron chi connectivity index (χ3n) is 16.0. The van der Waals surface area contributed by atoms with Crippen molar-refractivity contribution in [1.29, 1.82) is 0 Å². The number of hydrogen-bond acceptors (Lipinski definition) is 14. The van der Waals surface area contributed by atoms with Gasteiger partial charge in [0, 0.05) is 25.4 Å². The van der Waals surface area contributed by atoms with Gasteiger partial charge in [-0.2, -0.15) is 0 Å². The molecule has 0 aromatic rings. The molecule has 0 bridgehead atoms. The number of aliphatic hydroxyl groups is 8. The molecule has 4 saturated carbocycles. The third-order valence-corrected chi connectivity index (χ3v) is 16.0. The van der Waals surface area contributed by atoms with Crippen molar-refractivity contribution in [3.8, 4) is 0 Å². The first-order chi connectivity index (χ1) is 25.5. The first-order valence-corrected chi connectivity index (χ1v) is 20.7. The first kappa shape index (κ1) is 41.6. The Morgan fingerprint density at radius 1 is 0.722 bits per heavy atom. The van der Waals surface area contributed by atoms with E-state index in [4.69, 9.17) is 28.4 Å². The lowest BCUT2D eigenvalue weighted by Gasteiger charge is -2.61. The van der Waals surface area contributed by atoms with E-state index in [2.05, 4.69) is 34.6 Å². The molecule has 54 heavy (non-hydrogen) atoms. The SMILES string of the molecule is COC1(CCC(C)C)O[C@@H]2C([C@@H]1C)[C@@]1(C)CC[C@H]3[C@@H](CC[C@@H]4C[C@@H](O[C@@H]5O[C@H](CO)[C@H](O)[C@H](O)[C@H]5O[C@@H]5O[C@H](CO)[C@@H](O)[C@H](O)[C@H]5O)CC[C@@]43C)C1[C@H]2O. The molecular weight excluding hydrogens is 704 g/mol. The molecule has 7 aliphatic rings. The predicted octanol–water partition coefficient (Wildman–Crippen LogP) is 1.05. The molecule has 0 spiro atoms. The van der Waals surface area contributed by atoms with E-state index in [1.807, 2.05) is 0 Å². The quantitative estimate of drug-likeness (QED) is 0.146. The Hall–Kier alpha value is -0.560. The molecule has 312 valence electrons. The maximum Gasteiger partial charge on any atom is 0.187 e. The summed E-state index contributed by atoms with van der Waals surface area (Å²) in [5.41, 5.74) is -0.0141. The number of rotatable bonds is 10. The van der Waals surface area contributed by atoms with Gasteiger partial charge in [0.2, 0.25) is 0 Å². The number of ether oxygens (including phenoxy) is 6. The zero-order valence-electron chi connectivity index (χ0n) is 32.9. The maximum absolute atomic E-state index is 12.2. The molecule has 3 aliphatic heterocycles. The summed E-state index contributed by atoms with van der Waals surface area (Å²) in [5, 5.41) is 84.9. The van der Waals surface area contributed by atoms with Gasteiger partial charge in [-0.3, -0.25) is 0 Å². The fourth-order valence-corrected chi connectivity index (χ4v) is 13.0. The van der Waals surface area contributed by atoms with Crippen LogP contribution in [0.4, 0.5) is 0 Å². The molecule has 14 heteroatoms. The van der Waals surface area contributed by atoms with Gasteiger partial charge in [-0.05, 0) is 91.8 Å². The second-order valence-electron chi connectivity index (χ2n) is 19.0. The van der Waals surface area contributed by atoms with Crippen LogP contribution in [0, 0.1) is 52.3 Å². The van der Waals surface area contributed by atoms with Gasteiger partial charge in [0.25, 0.3) is 0 Å². The van der Waals surface area contributed by atoms with Crippen molar-refractivity contribution < 1.29 is 69.3 Å². The Balaban J connectivity index is 1.04. The lowest BCUT2D eigenvalue weighted by Crippen LogP contribution is -2.65. The molecule has 3 heterocycles. The molecule has 7 rings (SSSR count). The number of hydrogen-bond donors (Lipinski definition) is 8. The summed E-state index contributed by atoms with van der Waals surface area (Å²) in [6.45, 7) is 10.3. The molecule has 0 radical (unpaired) electrons. The van der Waals surface area contributed by atoms with Crippen molar-refractivity contribution in [3.63, 3.8) is 0 Å².